The number of aliphatic hydroxyl groups is 1. The van der Waals surface area contributed by atoms with Gasteiger partial charge in [-0.1, -0.05) is 26.0 Å². The Labute approximate surface area is 202 Å². The molecule has 3 rings (SSSR count). The van der Waals surface area contributed by atoms with Crippen LogP contribution in [0.5, 0.6) is 0 Å². The summed E-state index contributed by atoms with van der Waals surface area (Å²) >= 11 is 0. The predicted molar refractivity (Wildman–Crippen MR) is 120 cm³/mol. The summed E-state index contributed by atoms with van der Waals surface area (Å²) < 4.78 is 65.3. The third kappa shape index (κ3) is 6.06. The second kappa shape index (κ2) is 10.1. The number of aromatic amines is 1. The highest BCUT2D eigenvalue weighted by Crippen LogP contribution is 2.32. The monoisotopic (exact) mass is 510 g/mol. The highest BCUT2D eigenvalue weighted by atomic mass is 19.4. The number of hydrogen-bond acceptors (Lipinski definition) is 4. The zero-order valence-corrected chi connectivity index (χ0v) is 19.4. The number of nitrogens with one attached hydrogen (secondary N) is 3. The lowest BCUT2D eigenvalue weighted by Crippen LogP contribution is -2.43. The van der Waals surface area contributed by atoms with Gasteiger partial charge in [0.05, 0.1) is 5.56 Å². The summed E-state index contributed by atoms with van der Waals surface area (Å²) in [4.78, 5) is 24.8. The van der Waals surface area contributed by atoms with Crippen molar-refractivity contribution in [1.29, 1.82) is 0 Å². The van der Waals surface area contributed by atoms with Gasteiger partial charge < -0.3 is 15.7 Å². The molecule has 0 saturated heterocycles. The topological polar surface area (TPSA) is 107 Å². The molecule has 12 heteroatoms. The molecule has 0 spiro atoms. The number of nitrogens with zero attached hydrogens (tertiary/aromatic N) is 1. The van der Waals surface area contributed by atoms with Crippen molar-refractivity contribution in [3.8, 4) is 0 Å². The van der Waals surface area contributed by atoms with Crippen molar-refractivity contribution in [3.63, 3.8) is 0 Å². The Morgan fingerprint density at radius 2 is 1.53 bits per heavy atom. The molecule has 3 aromatic rings. The largest absolute Gasteiger partial charge is 0.416 e. The number of H-pyrrole nitrogens is 1. The minimum absolute atomic E-state index is 0.0735. The molecule has 2 aromatic carbocycles. The minimum Gasteiger partial charge on any atom is -0.378 e. The molecule has 0 aliphatic heterocycles. The summed E-state index contributed by atoms with van der Waals surface area (Å²) in [6.45, 7) is 4.73. The van der Waals surface area contributed by atoms with Gasteiger partial charge >= 0.3 is 6.18 Å². The number of carbonyl (C=O) groups is 2. The van der Waals surface area contributed by atoms with Gasteiger partial charge in [-0.25, -0.2) is 8.78 Å². The van der Waals surface area contributed by atoms with Crippen molar-refractivity contribution < 1.29 is 36.6 Å². The maximum Gasteiger partial charge on any atom is 0.416 e. The second-order valence-corrected chi connectivity index (χ2v) is 8.69. The molecule has 4 N–H and O–H groups in total. The lowest BCUT2D eigenvalue weighted by atomic mass is 9.81. The van der Waals surface area contributed by atoms with Gasteiger partial charge in [0.1, 0.15) is 17.7 Å². The molecule has 2 atom stereocenters. The Kier molecular flexibility index (Phi) is 7.48. The maximum absolute atomic E-state index is 13.7. The van der Waals surface area contributed by atoms with Gasteiger partial charge in [0.2, 0.25) is 5.91 Å². The van der Waals surface area contributed by atoms with Gasteiger partial charge in [-0.05, 0) is 42.3 Å². The van der Waals surface area contributed by atoms with Crippen LogP contribution in [0.2, 0.25) is 0 Å². The van der Waals surface area contributed by atoms with E-state index in [1.807, 2.05) is 0 Å². The highest BCUT2D eigenvalue weighted by Gasteiger charge is 2.31. The van der Waals surface area contributed by atoms with Crippen molar-refractivity contribution >= 4 is 17.6 Å². The lowest BCUT2D eigenvalue weighted by molar-refractivity contribution is -0.137. The molecule has 2 unspecified atom stereocenters. The fourth-order valence-electron chi connectivity index (χ4n) is 3.37. The number of benzene rings is 2. The smallest absolute Gasteiger partial charge is 0.378 e. The Balaban J connectivity index is 1.63. The van der Waals surface area contributed by atoms with E-state index in [1.54, 1.807) is 13.8 Å². The van der Waals surface area contributed by atoms with E-state index in [-0.39, 0.29) is 11.4 Å². The number of carbonyl (C=O) groups excluding carboxylic acids is 2. The van der Waals surface area contributed by atoms with Gasteiger partial charge in [-0.15, -0.1) is 0 Å². The maximum atomic E-state index is 13.7. The summed E-state index contributed by atoms with van der Waals surface area (Å²) in [5.74, 6) is -3.10. The van der Waals surface area contributed by atoms with Crippen LogP contribution < -0.4 is 10.6 Å². The van der Waals surface area contributed by atoms with Crippen LogP contribution in [0.25, 0.3) is 0 Å². The normalized spacial score (nSPS) is 13.7. The van der Waals surface area contributed by atoms with Crippen molar-refractivity contribution in [2.24, 2.45) is 0 Å². The summed E-state index contributed by atoms with van der Waals surface area (Å²) in [6.07, 6.45) is -6.36. The summed E-state index contributed by atoms with van der Waals surface area (Å²) in [6, 6.07) is 6.84. The summed E-state index contributed by atoms with van der Waals surface area (Å²) in [5.41, 5.74) is -1.14. The number of aromatic nitrogens is 2. The van der Waals surface area contributed by atoms with Crippen LogP contribution in [-0.2, 0) is 21.2 Å². The molecule has 2 amide bonds. The average Bonchev–Trinajstić information content (AvgIpc) is 3.26. The summed E-state index contributed by atoms with van der Waals surface area (Å²) in [7, 11) is 0. The molecule has 36 heavy (non-hydrogen) atoms. The first kappa shape index (κ1) is 26.8. The van der Waals surface area contributed by atoms with Crippen LogP contribution in [0.1, 0.15) is 49.3 Å². The molecule has 1 aromatic heterocycles. The Bertz CT molecular complexity index is 1240. The standard InChI is InChI=1S/C24H23F5N4O3/c1-12(30-22(36)20(34)13-4-6-14(7-5-13)24(27,28)29)21(35)31-19-11-18(32-33-19)23(2,3)15-8-16(25)10-17(26)9-15/h4-12,20,34H,1-3H3,(H,30,36)(H2,31,32,33,35). The molecule has 0 saturated carbocycles. The van der Waals surface area contributed by atoms with E-state index in [9.17, 15) is 36.6 Å². The third-order valence-corrected chi connectivity index (χ3v) is 5.64. The van der Waals surface area contributed by atoms with Gasteiger partial charge in [0.15, 0.2) is 11.9 Å². The van der Waals surface area contributed by atoms with Crippen molar-refractivity contribution in [2.45, 2.75) is 44.5 Å². The summed E-state index contributed by atoms with van der Waals surface area (Å²) in [5, 5.41) is 21.6. The van der Waals surface area contributed by atoms with Gasteiger partial charge in [0.25, 0.3) is 5.91 Å². The van der Waals surface area contributed by atoms with E-state index >= 15 is 0 Å². The fourth-order valence-corrected chi connectivity index (χ4v) is 3.37. The van der Waals surface area contributed by atoms with Crippen LogP contribution >= 0.6 is 0 Å². The zero-order chi connectivity index (χ0) is 26.8. The van der Waals surface area contributed by atoms with E-state index in [0.717, 1.165) is 30.3 Å². The minimum atomic E-state index is -4.56. The van der Waals surface area contributed by atoms with Crippen molar-refractivity contribution in [1.82, 2.24) is 15.5 Å². The first-order valence-corrected chi connectivity index (χ1v) is 10.7. The molecule has 7 nitrogen and oxygen atoms in total. The molecule has 0 fully saturated rings. The van der Waals surface area contributed by atoms with Gasteiger partial charge in [-0.3, -0.25) is 14.7 Å². The van der Waals surface area contributed by atoms with Gasteiger partial charge in [0, 0.05) is 23.2 Å². The molecule has 0 bridgehead atoms. The van der Waals surface area contributed by atoms with Crippen LogP contribution in [-0.4, -0.2) is 33.2 Å². The number of anilines is 1. The number of halogens is 5. The number of hydrogen-bond donors (Lipinski definition) is 4. The predicted octanol–water partition coefficient (Wildman–Crippen LogP) is 4.21. The first-order chi connectivity index (χ1) is 16.7. The fraction of sp³-hybridized carbons (Fsp3) is 0.292. The van der Waals surface area contributed by atoms with E-state index < -0.39 is 52.7 Å². The Morgan fingerprint density at radius 3 is 2.08 bits per heavy atom. The molecular formula is C24H23F5N4O3. The van der Waals surface area contributed by atoms with Crippen LogP contribution in [0, 0.1) is 11.6 Å². The van der Waals surface area contributed by atoms with Gasteiger partial charge in [-0.2, -0.15) is 18.3 Å². The average molecular weight is 510 g/mol. The number of rotatable bonds is 7. The Hall–Kier alpha value is -3.80. The third-order valence-electron chi connectivity index (χ3n) is 5.64. The van der Waals surface area contributed by atoms with E-state index in [2.05, 4.69) is 20.8 Å². The molecule has 0 aliphatic rings. The second-order valence-electron chi connectivity index (χ2n) is 8.69. The van der Waals surface area contributed by atoms with E-state index in [4.69, 9.17) is 0 Å². The van der Waals surface area contributed by atoms with E-state index in [0.29, 0.717) is 11.3 Å². The van der Waals surface area contributed by atoms with Crippen molar-refractivity contribution in [2.75, 3.05) is 5.32 Å². The van der Waals surface area contributed by atoms with Crippen molar-refractivity contribution in [3.05, 3.63) is 82.5 Å². The molecule has 0 radical (unpaired) electrons. The number of alkyl halides is 3. The van der Waals surface area contributed by atoms with Crippen LogP contribution in [0.3, 0.4) is 0 Å². The molecule has 0 aliphatic carbocycles. The molecule has 1 heterocycles. The molecule has 192 valence electrons. The Morgan fingerprint density at radius 1 is 0.944 bits per heavy atom. The number of aliphatic hydroxyl groups excluding tert-OH is 1. The highest BCUT2D eigenvalue weighted by molar-refractivity contribution is 5.97. The quantitative estimate of drug-likeness (QED) is 0.357. The molecular weight excluding hydrogens is 487 g/mol. The van der Waals surface area contributed by atoms with Crippen LogP contribution in [0.15, 0.2) is 48.5 Å². The number of amides is 2. The lowest BCUT2D eigenvalue weighted by Gasteiger charge is -2.23. The zero-order valence-electron chi connectivity index (χ0n) is 19.4. The van der Waals surface area contributed by atoms with Crippen LogP contribution in [0.4, 0.5) is 27.8 Å². The SMILES string of the molecule is CC(NC(=O)C(O)c1ccc(C(F)(F)F)cc1)C(=O)Nc1cc(C(C)(C)c2cc(F)cc(F)c2)[nH]n1. The van der Waals surface area contributed by atoms with E-state index in [1.165, 1.54) is 25.1 Å². The first-order valence-electron chi connectivity index (χ1n) is 10.7.